The van der Waals surface area contributed by atoms with Gasteiger partial charge in [0, 0.05) is 18.2 Å². The van der Waals surface area contributed by atoms with E-state index in [0.717, 1.165) is 18.1 Å². The van der Waals surface area contributed by atoms with Crippen LogP contribution in [0.25, 0.3) is 0 Å². The van der Waals surface area contributed by atoms with Crippen LogP contribution < -0.4 is 5.73 Å². The molecule has 24 heavy (non-hydrogen) atoms. The molecule has 0 aliphatic rings. The zero-order valence-electron chi connectivity index (χ0n) is 12.3. The fraction of sp³-hybridized carbons (Fsp3) is 0.125. The van der Waals surface area contributed by atoms with Crippen molar-refractivity contribution in [3.8, 4) is 0 Å². The first-order chi connectivity index (χ1) is 11.2. The van der Waals surface area contributed by atoms with Gasteiger partial charge in [0.2, 0.25) is 0 Å². The number of aliphatic carboxylic acids is 2. The topological polar surface area (TPSA) is 101 Å². The Balaban J connectivity index is 0.000000240. The molecular formula is C16H14Br2INO4. The normalized spacial score (nSPS) is 9.79. The number of rotatable bonds is 4. The molecule has 0 fully saturated rings. The Kier molecular flexibility index (Phi) is 8.71. The molecular weight excluding hydrogens is 557 g/mol. The third-order valence-corrected chi connectivity index (χ3v) is 4.84. The van der Waals surface area contributed by atoms with E-state index in [1.54, 1.807) is 18.2 Å². The molecule has 0 bridgehead atoms. The van der Waals surface area contributed by atoms with Crippen molar-refractivity contribution in [3.05, 3.63) is 60.0 Å². The minimum atomic E-state index is -0.875. The number of anilines is 1. The van der Waals surface area contributed by atoms with Crippen LogP contribution in [0.2, 0.25) is 0 Å². The highest BCUT2D eigenvalue weighted by atomic mass is 127. The lowest BCUT2D eigenvalue weighted by Gasteiger charge is -2.02. The first-order valence-electron chi connectivity index (χ1n) is 6.60. The van der Waals surface area contributed by atoms with Crippen LogP contribution in [-0.2, 0) is 22.4 Å². The maximum atomic E-state index is 10.4. The van der Waals surface area contributed by atoms with E-state index < -0.39 is 11.9 Å². The van der Waals surface area contributed by atoms with E-state index in [1.165, 1.54) is 0 Å². The summed E-state index contributed by atoms with van der Waals surface area (Å²) in [4.78, 5) is 20.8. The molecule has 0 saturated heterocycles. The molecule has 8 heteroatoms. The quantitative estimate of drug-likeness (QED) is 0.375. The van der Waals surface area contributed by atoms with E-state index in [2.05, 4.69) is 54.5 Å². The number of nitrogens with two attached hydrogens (primary N) is 1. The van der Waals surface area contributed by atoms with Gasteiger partial charge in [-0.2, -0.15) is 0 Å². The summed E-state index contributed by atoms with van der Waals surface area (Å²) in [6, 6.07) is 10.8. The lowest BCUT2D eigenvalue weighted by Crippen LogP contribution is -2.03. The highest BCUT2D eigenvalue weighted by Gasteiger charge is 2.05. The second-order valence-electron chi connectivity index (χ2n) is 4.72. The lowest BCUT2D eigenvalue weighted by atomic mass is 10.1. The molecule has 0 spiro atoms. The van der Waals surface area contributed by atoms with Gasteiger partial charge in [0.05, 0.1) is 12.8 Å². The fourth-order valence-electron chi connectivity index (χ4n) is 1.73. The molecule has 5 nitrogen and oxygen atoms in total. The van der Waals surface area contributed by atoms with Gasteiger partial charge in [0.25, 0.3) is 0 Å². The Morgan fingerprint density at radius 2 is 1.38 bits per heavy atom. The van der Waals surface area contributed by atoms with Crippen LogP contribution in [0.3, 0.4) is 0 Å². The number of carboxylic acids is 2. The average Bonchev–Trinajstić information content (AvgIpc) is 2.46. The van der Waals surface area contributed by atoms with Gasteiger partial charge in [0.1, 0.15) is 0 Å². The monoisotopic (exact) mass is 569 g/mol. The van der Waals surface area contributed by atoms with Crippen molar-refractivity contribution in [2.45, 2.75) is 12.8 Å². The van der Waals surface area contributed by atoms with E-state index in [-0.39, 0.29) is 12.8 Å². The molecule has 0 aromatic heterocycles. The van der Waals surface area contributed by atoms with E-state index in [4.69, 9.17) is 15.9 Å². The molecule has 0 unspecified atom stereocenters. The van der Waals surface area contributed by atoms with Crippen LogP contribution in [0, 0.1) is 3.57 Å². The Hall–Kier alpha value is -1.13. The van der Waals surface area contributed by atoms with Crippen LogP contribution in [0.4, 0.5) is 5.69 Å². The van der Waals surface area contributed by atoms with Gasteiger partial charge in [-0.3, -0.25) is 9.59 Å². The molecule has 0 aliphatic carbocycles. The van der Waals surface area contributed by atoms with Gasteiger partial charge >= 0.3 is 11.9 Å². The van der Waals surface area contributed by atoms with Crippen molar-refractivity contribution >= 4 is 72.1 Å². The van der Waals surface area contributed by atoms with Crippen molar-refractivity contribution in [3.63, 3.8) is 0 Å². The number of benzene rings is 2. The summed E-state index contributed by atoms with van der Waals surface area (Å²) in [6.07, 6.45) is 0.0446. The van der Waals surface area contributed by atoms with Gasteiger partial charge in [0.15, 0.2) is 0 Å². The molecule has 4 N–H and O–H groups in total. The fourth-order valence-corrected chi connectivity index (χ4v) is 3.08. The number of nitrogen functional groups attached to an aromatic ring is 1. The van der Waals surface area contributed by atoms with E-state index in [0.29, 0.717) is 11.3 Å². The van der Waals surface area contributed by atoms with Crippen molar-refractivity contribution in [1.29, 1.82) is 0 Å². The summed E-state index contributed by atoms with van der Waals surface area (Å²) in [7, 11) is 0. The van der Waals surface area contributed by atoms with Crippen molar-refractivity contribution in [1.82, 2.24) is 0 Å². The van der Waals surface area contributed by atoms with Gasteiger partial charge < -0.3 is 15.9 Å². The van der Waals surface area contributed by atoms with Gasteiger partial charge in [-0.1, -0.05) is 31.9 Å². The summed E-state index contributed by atoms with van der Waals surface area (Å²) < 4.78 is 2.74. The molecule has 0 aliphatic heterocycles. The van der Waals surface area contributed by atoms with Crippen molar-refractivity contribution in [2.24, 2.45) is 0 Å². The van der Waals surface area contributed by atoms with Crippen LogP contribution in [-0.4, -0.2) is 22.2 Å². The largest absolute Gasteiger partial charge is 0.481 e. The lowest BCUT2D eigenvalue weighted by molar-refractivity contribution is -0.137. The molecule has 0 amide bonds. The van der Waals surface area contributed by atoms with E-state index in [1.807, 2.05) is 18.2 Å². The third kappa shape index (κ3) is 7.63. The summed E-state index contributed by atoms with van der Waals surface area (Å²) in [5.74, 6) is -1.68. The molecule has 128 valence electrons. The summed E-state index contributed by atoms with van der Waals surface area (Å²) >= 11 is 8.65. The average molecular weight is 571 g/mol. The highest BCUT2D eigenvalue weighted by molar-refractivity contribution is 14.1. The maximum absolute atomic E-state index is 10.4. The van der Waals surface area contributed by atoms with Gasteiger partial charge in [-0.25, -0.2) is 0 Å². The van der Waals surface area contributed by atoms with Gasteiger partial charge in [-0.05, 0) is 70.1 Å². The predicted molar refractivity (Wildman–Crippen MR) is 108 cm³/mol. The summed E-state index contributed by atoms with van der Waals surface area (Å²) in [5.41, 5.74) is 7.55. The molecule has 2 rings (SSSR count). The molecule has 2 aromatic carbocycles. The Labute approximate surface area is 169 Å². The highest BCUT2D eigenvalue weighted by Crippen LogP contribution is 2.19. The maximum Gasteiger partial charge on any atom is 0.307 e. The van der Waals surface area contributed by atoms with Crippen molar-refractivity contribution < 1.29 is 19.8 Å². The zero-order chi connectivity index (χ0) is 18.3. The standard InChI is InChI=1S/C8H6BrIO2.C8H8BrNO2/c2*9-6-1-2-7(10)5(3-6)4-8(11)12/h1-3H,4H2,(H,11,12);1-3H,4,10H2,(H,11,12). The van der Waals surface area contributed by atoms with Crippen LogP contribution in [0.5, 0.6) is 0 Å². The predicted octanol–water partition coefficient (Wildman–Crippen LogP) is 4.34. The van der Waals surface area contributed by atoms with E-state index in [9.17, 15) is 9.59 Å². The van der Waals surface area contributed by atoms with Gasteiger partial charge in [-0.15, -0.1) is 0 Å². The molecule has 0 radical (unpaired) electrons. The number of carbonyl (C=O) groups is 2. The molecule has 0 atom stereocenters. The smallest absolute Gasteiger partial charge is 0.307 e. The number of hydrogen-bond acceptors (Lipinski definition) is 3. The Morgan fingerprint density at radius 3 is 1.92 bits per heavy atom. The molecule has 0 saturated carbocycles. The minimum absolute atomic E-state index is 0.0364. The Bertz CT molecular complexity index is 689. The SMILES string of the molecule is Nc1ccc(Br)cc1CC(=O)O.O=C(O)Cc1cc(Br)ccc1I. The first-order valence-corrected chi connectivity index (χ1v) is 9.27. The van der Waals surface area contributed by atoms with Crippen LogP contribution >= 0.6 is 54.5 Å². The zero-order valence-corrected chi connectivity index (χ0v) is 17.6. The summed E-state index contributed by atoms with van der Waals surface area (Å²) in [6.45, 7) is 0. The summed E-state index contributed by atoms with van der Waals surface area (Å²) in [5, 5.41) is 17.1. The second kappa shape index (κ2) is 10.00. The second-order valence-corrected chi connectivity index (χ2v) is 7.71. The third-order valence-electron chi connectivity index (χ3n) is 2.80. The van der Waals surface area contributed by atoms with Crippen molar-refractivity contribution in [2.75, 3.05) is 5.73 Å². The molecule has 0 heterocycles. The Morgan fingerprint density at radius 1 is 0.917 bits per heavy atom. The van der Waals surface area contributed by atoms with Crippen LogP contribution in [0.15, 0.2) is 45.3 Å². The number of halogens is 3. The number of hydrogen-bond donors (Lipinski definition) is 3. The van der Waals surface area contributed by atoms with E-state index >= 15 is 0 Å². The first kappa shape index (κ1) is 20.9. The molecule has 2 aromatic rings. The minimum Gasteiger partial charge on any atom is -0.481 e. The van der Waals surface area contributed by atoms with Crippen LogP contribution in [0.1, 0.15) is 11.1 Å². The number of carboxylic acid groups (broad SMARTS) is 2.